The highest BCUT2D eigenvalue weighted by molar-refractivity contribution is 6.00. The van der Waals surface area contributed by atoms with E-state index in [2.05, 4.69) is 57.7 Å². The normalized spacial score (nSPS) is 11.1. The molecule has 0 bridgehead atoms. The van der Waals surface area contributed by atoms with Gasteiger partial charge in [-0.05, 0) is 52.7 Å². The number of phenolic OH excluding ortho intramolecular Hbond substituents is 1. The zero-order valence-corrected chi connectivity index (χ0v) is 18.1. The summed E-state index contributed by atoms with van der Waals surface area (Å²) >= 11 is 0. The van der Waals surface area contributed by atoms with Crippen molar-refractivity contribution in [2.75, 3.05) is 0 Å². The minimum absolute atomic E-state index is 0.0363. The molecule has 0 spiro atoms. The Morgan fingerprint density at radius 2 is 1.85 bits per heavy atom. The average Bonchev–Trinajstić information content (AvgIpc) is 3.27. The van der Waals surface area contributed by atoms with Gasteiger partial charge in [0.25, 0.3) is 5.91 Å². The molecule has 0 unspecified atom stereocenters. The second-order valence-electron chi connectivity index (χ2n) is 7.95. The minimum atomic E-state index is -0.464. The Balaban J connectivity index is 1.35. The SMILES string of the molecule is N#Cc1cc(C(=O)NN=Cc2cccc3c2ccn3Cc2ccc3ccccc3c2)ccc1O. The topological polar surface area (TPSA) is 90.4 Å². The van der Waals surface area contributed by atoms with Gasteiger partial charge in [0.15, 0.2) is 0 Å². The Morgan fingerprint density at radius 3 is 2.71 bits per heavy atom. The van der Waals surface area contributed by atoms with Crippen molar-refractivity contribution in [3.05, 3.63) is 113 Å². The van der Waals surface area contributed by atoms with Crippen LogP contribution in [0.25, 0.3) is 21.7 Å². The van der Waals surface area contributed by atoms with Gasteiger partial charge in [-0.2, -0.15) is 10.4 Å². The summed E-state index contributed by atoms with van der Waals surface area (Å²) in [6.07, 6.45) is 3.65. The first-order valence-corrected chi connectivity index (χ1v) is 10.7. The first kappa shape index (κ1) is 21.0. The average molecular weight is 444 g/mol. The van der Waals surface area contributed by atoms with E-state index in [-0.39, 0.29) is 16.9 Å². The number of nitrogens with zero attached hydrogens (tertiary/aromatic N) is 3. The monoisotopic (exact) mass is 444 g/mol. The molecule has 2 N–H and O–H groups in total. The number of carbonyl (C=O) groups excluding carboxylic acids is 1. The third-order valence-electron chi connectivity index (χ3n) is 5.76. The highest BCUT2D eigenvalue weighted by Gasteiger charge is 2.09. The number of phenols is 1. The molecule has 1 amide bonds. The molecular formula is C28H20N4O2. The number of benzene rings is 4. The van der Waals surface area contributed by atoms with Crippen molar-refractivity contribution in [3.63, 3.8) is 0 Å². The van der Waals surface area contributed by atoms with Crippen LogP contribution < -0.4 is 5.43 Å². The molecule has 0 aliphatic rings. The third-order valence-corrected chi connectivity index (χ3v) is 5.76. The van der Waals surface area contributed by atoms with Crippen LogP contribution in [0.3, 0.4) is 0 Å². The van der Waals surface area contributed by atoms with Gasteiger partial charge in [-0.15, -0.1) is 0 Å². The molecule has 34 heavy (non-hydrogen) atoms. The standard InChI is InChI=1S/C28H20N4O2/c29-16-24-15-22(10-11-27(24)33)28(34)31-30-17-23-6-3-7-26-25(23)12-13-32(26)18-19-8-9-20-4-1-2-5-21(20)14-19/h1-15,17,33H,18H2,(H,31,34). The van der Waals surface area contributed by atoms with Gasteiger partial charge in [0.2, 0.25) is 0 Å². The number of rotatable bonds is 5. The van der Waals surface area contributed by atoms with E-state index in [9.17, 15) is 9.90 Å². The van der Waals surface area contributed by atoms with Crippen LogP contribution in [0.1, 0.15) is 27.0 Å². The van der Waals surface area contributed by atoms with Gasteiger partial charge < -0.3 is 9.67 Å². The van der Waals surface area contributed by atoms with E-state index in [0.717, 1.165) is 23.0 Å². The molecule has 1 aromatic heterocycles. The number of hydrogen-bond acceptors (Lipinski definition) is 4. The number of nitriles is 1. The number of aromatic hydroxyl groups is 1. The molecule has 6 heteroatoms. The van der Waals surface area contributed by atoms with Gasteiger partial charge in [0.05, 0.1) is 11.8 Å². The third kappa shape index (κ3) is 4.10. The second kappa shape index (κ2) is 8.93. The van der Waals surface area contributed by atoms with Crippen LogP contribution in [-0.2, 0) is 6.54 Å². The van der Waals surface area contributed by atoms with Crippen molar-refractivity contribution in [1.29, 1.82) is 5.26 Å². The van der Waals surface area contributed by atoms with Gasteiger partial charge >= 0.3 is 0 Å². The number of fused-ring (bicyclic) bond motifs is 2. The Hall–Kier alpha value is -4.89. The molecule has 0 fully saturated rings. The smallest absolute Gasteiger partial charge is 0.271 e. The largest absolute Gasteiger partial charge is 0.507 e. The van der Waals surface area contributed by atoms with Crippen molar-refractivity contribution < 1.29 is 9.90 Å². The van der Waals surface area contributed by atoms with Crippen LogP contribution in [-0.4, -0.2) is 21.8 Å². The van der Waals surface area contributed by atoms with Crippen LogP contribution in [0, 0.1) is 11.3 Å². The lowest BCUT2D eigenvalue weighted by Crippen LogP contribution is -2.17. The van der Waals surface area contributed by atoms with Gasteiger partial charge in [0.1, 0.15) is 11.8 Å². The van der Waals surface area contributed by atoms with E-state index >= 15 is 0 Å². The zero-order valence-electron chi connectivity index (χ0n) is 18.1. The predicted molar refractivity (Wildman–Crippen MR) is 133 cm³/mol. The number of aromatic nitrogens is 1. The lowest BCUT2D eigenvalue weighted by atomic mass is 10.1. The summed E-state index contributed by atoms with van der Waals surface area (Å²) in [4.78, 5) is 12.4. The minimum Gasteiger partial charge on any atom is -0.507 e. The number of carbonyl (C=O) groups is 1. The Bertz CT molecular complexity index is 1610. The fourth-order valence-corrected chi connectivity index (χ4v) is 4.02. The molecule has 6 nitrogen and oxygen atoms in total. The van der Waals surface area contributed by atoms with Gasteiger partial charge in [0, 0.05) is 34.8 Å². The first-order chi connectivity index (χ1) is 16.6. The molecule has 5 rings (SSSR count). The number of hydrogen-bond donors (Lipinski definition) is 2. The van der Waals surface area contributed by atoms with Crippen molar-refractivity contribution >= 4 is 33.8 Å². The van der Waals surface area contributed by atoms with Crippen molar-refractivity contribution in [2.24, 2.45) is 5.10 Å². The van der Waals surface area contributed by atoms with Crippen molar-refractivity contribution in [1.82, 2.24) is 9.99 Å². The van der Waals surface area contributed by atoms with E-state index in [1.54, 1.807) is 6.21 Å². The Morgan fingerprint density at radius 1 is 1.00 bits per heavy atom. The summed E-state index contributed by atoms with van der Waals surface area (Å²) in [5.41, 5.74) is 5.92. The van der Waals surface area contributed by atoms with E-state index in [4.69, 9.17) is 5.26 Å². The quantitative estimate of drug-likeness (QED) is 0.289. The van der Waals surface area contributed by atoms with Crippen LogP contribution in [0.5, 0.6) is 5.75 Å². The Kier molecular flexibility index (Phi) is 5.51. The molecule has 0 saturated heterocycles. The van der Waals surface area contributed by atoms with Crippen molar-refractivity contribution in [3.8, 4) is 11.8 Å². The highest BCUT2D eigenvalue weighted by Crippen LogP contribution is 2.22. The maximum Gasteiger partial charge on any atom is 0.271 e. The van der Waals surface area contributed by atoms with Crippen LogP contribution in [0.4, 0.5) is 0 Å². The fourth-order valence-electron chi connectivity index (χ4n) is 4.02. The van der Waals surface area contributed by atoms with E-state index in [1.165, 1.54) is 34.5 Å². The van der Waals surface area contributed by atoms with Gasteiger partial charge in [-0.3, -0.25) is 4.79 Å². The lowest BCUT2D eigenvalue weighted by Gasteiger charge is -2.08. The summed E-state index contributed by atoms with van der Waals surface area (Å²) < 4.78 is 2.19. The molecule has 0 aliphatic carbocycles. The van der Waals surface area contributed by atoms with E-state index < -0.39 is 5.91 Å². The van der Waals surface area contributed by atoms with Crippen molar-refractivity contribution in [2.45, 2.75) is 6.54 Å². The van der Waals surface area contributed by atoms with Gasteiger partial charge in [-0.1, -0.05) is 48.5 Å². The number of hydrazone groups is 1. The van der Waals surface area contributed by atoms with E-state index in [0.29, 0.717) is 0 Å². The molecule has 4 aromatic carbocycles. The molecule has 0 radical (unpaired) electrons. The number of nitrogens with one attached hydrogen (secondary N) is 1. The summed E-state index contributed by atoms with van der Waals surface area (Å²) in [5, 5.41) is 26.2. The first-order valence-electron chi connectivity index (χ1n) is 10.7. The maximum absolute atomic E-state index is 12.4. The molecule has 0 atom stereocenters. The second-order valence-corrected chi connectivity index (χ2v) is 7.95. The van der Waals surface area contributed by atoms with Crippen LogP contribution >= 0.6 is 0 Å². The molecule has 164 valence electrons. The van der Waals surface area contributed by atoms with Crippen LogP contribution in [0.15, 0.2) is 96.2 Å². The van der Waals surface area contributed by atoms with Gasteiger partial charge in [-0.25, -0.2) is 5.43 Å². The summed E-state index contributed by atoms with van der Waals surface area (Å²) in [7, 11) is 0. The zero-order chi connectivity index (χ0) is 23.5. The highest BCUT2D eigenvalue weighted by atomic mass is 16.3. The molecular weight excluding hydrogens is 424 g/mol. The summed E-state index contributed by atoms with van der Waals surface area (Å²) in [6, 6.07) is 28.8. The molecule has 0 aliphatic heterocycles. The Labute approximate surface area is 196 Å². The molecule has 0 saturated carbocycles. The lowest BCUT2D eigenvalue weighted by molar-refractivity contribution is 0.0955. The number of amides is 1. The predicted octanol–water partition coefficient (Wildman–Crippen LogP) is 5.18. The molecule has 5 aromatic rings. The summed E-state index contributed by atoms with van der Waals surface area (Å²) in [6.45, 7) is 0.744. The van der Waals surface area contributed by atoms with E-state index in [1.807, 2.05) is 36.4 Å². The fraction of sp³-hybridized carbons (Fsp3) is 0.0357. The summed E-state index contributed by atoms with van der Waals surface area (Å²) in [5.74, 6) is -0.628. The van der Waals surface area contributed by atoms with Crippen LogP contribution in [0.2, 0.25) is 0 Å². The maximum atomic E-state index is 12.4. The molecule has 1 heterocycles.